The van der Waals surface area contributed by atoms with Crippen LogP contribution in [0.25, 0.3) is 11.1 Å². The summed E-state index contributed by atoms with van der Waals surface area (Å²) in [6.07, 6.45) is 5.72. The van der Waals surface area contributed by atoms with Crippen molar-refractivity contribution in [1.29, 1.82) is 0 Å². The fourth-order valence-corrected chi connectivity index (χ4v) is 2.71. The quantitative estimate of drug-likeness (QED) is 0.742. The molecular formula is C19H17ClN4O2. The van der Waals surface area contributed by atoms with Crippen molar-refractivity contribution in [2.24, 2.45) is 0 Å². The summed E-state index contributed by atoms with van der Waals surface area (Å²) < 4.78 is 5.38. The highest BCUT2D eigenvalue weighted by atomic mass is 35.5. The van der Waals surface area contributed by atoms with Crippen molar-refractivity contribution in [3.05, 3.63) is 65.1 Å². The smallest absolute Gasteiger partial charge is 0.229 e. The number of rotatable bonds is 5. The molecule has 2 heterocycles. The molecule has 0 fully saturated rings. The molecule has 0 saturated carbocycles. The molecule has 0 spiro atoms. The fourth-order valence-electron chi connectivity index (χ4n) is 2.52. The Morgan fingerprint density at radius 3 is 2.50 bits per heavy atom. The maximum absolute atomic E-state index is 11.0. The van der Waals surface area contributed by atoms with Crippen LogP contribution < -0.4 is 10.1 Å². The molecule has 1 N–H and O–H groups in total. The first-order chi connectivity index (χ1) is 12.5. The Labute approximate surface area is 156 Å². The van der Waals surface area contributed by atoms with Crippen molar-refractivity contribution in [1.82, 2.24) is 15.0 Å². The first-order valence-electron chi connectivity index (χ1n) is 7.92. The normalized spacial score (nSPS) is 10.4. The van der Waals surface area contributed by atoms with Crippen LogP contribution in [0.2, 0.25) is 5.02 Å². The number of carbonyl (C=O) groups excluding carboxylic acids is 1. The maximum atomic E-state index is 11.0. The molecule has 0 saturated heterocycles. The third-order valence-electron chi connectivity index (χ3n) is 3.64. The molecule has 26 heavy (non-hydrogen) atoms. The zero-order valence-electron chi connectivity index (χ0n) is 14.4. The topological polar surface area (TPSA) is 77.0 Å². The molecule has 1 amide bonds. The summed E-state index contributed by atoms with van der Waals surface area (Å²) in [5.74, 6) is 0.616. The monoisotopic (exact) mass is 368 g/mol. The molecule has 3 aromatic rings. The number of ether oxygens (including phenoxy) is 1. The number of aromatic nitrogens is 3. The number of hydrogen-bond donors (Lipinski definition) is 1. The summed E-state index contributed by atoms with van der Waals surface area (Å²) in [4.78, 5) is 23.7. The highest BCUT2D eigenvalue weighted by molar-refractivity contribution is 6.30. The van der Waals surface area contributed by atoms with Crippen LogP contribution in [-0.2, 0) is 11.2 Å². The minimum Gasteiger partial charge on any atom is -0.481 e. The van der Waals surface area contributed by atoms with Gasteiger partial charge in [0.05, 0.1) is 7.11 Å². The highest BCUT2D eigenvalue weighted by Gasteiger charge is 2.10. The van der Waals surface area contributed by atoms with E-state index in [9.17, 15) is 4.79 Å². The first kappa shape index (κ1) is 17.8. The highest BCUT2D eigenvalue weighted by Crippen LogP contribution is 2.31. The van der Waals surface area contributed by atoms with Crippen LogP contribution in [0, 0.1) is 0 Å². The van der Waals surface area contributed by atoms with E-state index >= 15 is 0 Å². The molecule has 0 radical (unpaired) electrons. The Bertz CT molecular complexity index is 929. The van der Waals surface area contributed by atoms with E-state index in [1.807, 2.05) is 30.3 Å². The summed E-state index contributed by atoms with van der Waals surface area (Å²) in [6.45, 7) is 1.41. The fraction of sp³-hybridized carbons (Fsp3) is 0.158. The van der Waals surface area contributed by atoms with Crippen LogP contribution in [0.4, 0.5) is 5.95 Å². The Hall–Kier alpha value is -2.99. The number of amides is 1. The number of pyridine rings is 1. The summed E-state index contributed by atoms with van der Waals surface area (Å²) in [5, 5.41) is 3.19. The van der Waals surface area contributed by atoms with Gasteiger partial charge in [-0.05, 0) is 34.9 Å². The first-order valence-corrected chi connectivity index (χ1v) is 8.30. The molecular weight excluding hydrogens is 352 g/mol. The van der Waals surface area contributed by atoms with E-state index in [1.165, 1.54) is 6.92 Å². The van der Waals surface area contributed by atoms with Crippen LogP contribution in [0.1, 0.15) is 18.1 Å². The van der Waals surface area contributed by atoms with E-state index < -0.39 is 0 Å². The van der Waals surface area contributed by atoms with Gasteiger partial charge in [0.2, 0.25) is 17.7 Å². The summed E-state index contributed by atoms with van der Waals surface area (Å²) in [7, 11) is 1.59. The minimum absolute atomic E-state index is 0.205. The van der Waals surface area contributed by atoms with Crippen molar-refractivity contribution >= 4 is 23.5 Å². The lowest BCUT2D eigenvalue weighted by atomic mass is 10.0. The second-order valence-corrected chi connectivity index (χ2v) is 6.12. The van der Waals surface area contributed by atoms with Crippen LogP contribution in [-0.4, -0.2) is 28.0 Å². The van der Waals surface area contributed by atoms with E-state index in [0.717, 1.165) is 22.3 Å². The number of carbonyl (C=O) groups is 1. The van der Waals surface area contributed by atoms with Crippen LogP contribution in [0.3, 0.4) is 0 Å². The molecule has 132 valence electrons. The van der Waals surface area contributed by atoms with Crippen LogP contribution >= 0.6 is 11.6 Å². The van der Waals surface area contributed by atoms with Crippen LogP contribution in [0.15, 0.2) is 48.9 Å². The van der Waals surface area contributed by atoms with Gasteiger partial charge in [-0.1, -0.05) is 23.7 Å². The number of anilines is 1. The van der Waals surface area contributed by atoms with E-state index in [1.54, 1.807) is 25.7 Å². The van der Waals surface area contributed by atoms with Gasteiger partial charge >= 0.3 is 0 Å². The minimum atomic E-state index is -0.205. The Morgan fingerprint density at radius 2 is 1.85 bits per heavy atom. The second kappa shape index (κ2) is 7.93. The van der Waals surface area contributed by atoms with Crippen molar-refractivity contribution in [3.63, 3.8) is 0 Å². The van der Waals surface area contributed by atoms with Gasteiger partial charge in [-0.2, -0.15) is 0 Å². The number of nitrogens with one attached hydrogen (secondary N) is 1. The number of benzene rings is 1. The second-order valence-electron chi connectivity index (χ2n) is 5.68. The largest absolute Gasteiger partial charge is 0.481 e. The molecule has 0 atom stereocenters. The van der Waals surface area contributed by atoms with Gasteiger partial charge < -0.3 is 4.74 Å². The summed E-state index contributed by atoms with van der Waals surface area (Å²) in [5.41, 5.74) is 3.68. The van der Waals surface area contributed by atoms with Crippen molar-refractivity contribution in [3.8, 4) is 17.0 Å². The maximum Gasteiger partial charge on any atom is 0.229 e. The van der Waals surface area contributed by atoms with E-state index in [2.05, 4.69) is 20.3 Å². The molecule has 0 unspecified atom stereocenters. The summed E-state index contributed by atoms with van der Waals surface area (Å²) >= 11 is 6.10. The standard InChI is InChI=1S/C19H17ClN4O2/c1-12(25)24-19-22-10-14(11-23-19)6-13-7-17(18(26-2)21-9-13)15-4-3-5-16(20)8-15/h3-5,7-11H,6H2,1-2H3,(H,22,23,24,25). The van der Waals surface area contributed by atoms with Gasteiger partial charge in [0, 0.05) is 42.5 Å². The van der Waals surface area contributed by atoms with Crippen molar-refractivity contribution in [2.75, 3.05) is 12.4 Å². The van der Waals surface area contributed by atoms with Gasteiger partial charge in [0.1, 0.15) is 0 Å². The average molecular weight is 369 g/mol. The average Bonchev–Trinajstić information content (AvgIpc) is 2.63. The molecule has 0 aliphatic carbocycles. The van der Waals surface area contributed by atoms with E-state index in [0.29, 0.717) is 17.3 Å². The lowest BCUT2D eigenvalue weighted by Crippen LogP contribution is -2.09. The zero-order valence-corrected chi connectivity index (χ0v) is 15.1. The van der Waals surface area contributed by atoms with Crippen molar-refractivity contribution < 1.29 is 9.53 Å². The van der Waals surface area contributed by atoms with Gasteiger partial charge in [-0.3, -0.25) is 10.1 Å². The lowest BCUT2D eigenvalue weighted by molar-refractivity contribution is -0.114. The van der Waals surface area contributed by atoms with Gasteiger partial charge in [-0.15, -0.1) is 0 Å². The molecule has 0 bridgehead atoms. The van der Waals surface area contributed by atoms with Gasteiger partial charge in [0.15, 0.2) is 0 Å². The number of nitrogens with zero attached hydrogens (tertiary/aromatic N) is 3. The van der Waals surface area contributed by atoms with Crippen LogP contribution in [0.5, 0.6) is 5.88 Å². The van der Waals surface area contributed by atoms with E-state index in [-0.39, 0.29) is 11.9 Å². The molecule has 6 nitrogen and oxygen atoms in total. The predicted molar refractivity (Wildman–Crippen MR) is 100 cm³/mol. The van der Waals surface area contributed by atoms with Gasteiger partial charge in [-0.25, -0.2) is 15.0 Å². The zero-order chi connectivity index (χ0) is 18.5. The Morgan fingerprint density at radius 1 is 1.12 bits per heavy atom. The third kappa shape index (κ3) is 4.34. The number of hydrogen-bond acceptors (Lipinski definition) is 5. The third-order valence-corrected chi connectivity index (χ3v) is 3.87. The number of methoxy groups -OCH3 is 1. The van der Waals surface area contributed by atoms with E-state index in [4.69, 9.17) is 16.3 Å². The molecule has 0 aliphatic heterocycles. The lowest BCUT2D eigenvalue weighted by Gasteiger charge is -2.10. The Balaban J connectivity index is 1.87. The SMILES string of the molecule is COc1ncc(Cc2cnc(NC(C)=O)nc2)cc1-c1cccc(Cl)c1. The molecule has 2 aromatic heterocycles. The van der Waals surface area contributed by atoms with Crippen molar-refractivity contribution in [2.45, 2.75) is 13.3 Å². The van der Waals surface area contributed by atoms with Gasteiger partial charge in [0.25, 0.3) is 0 Å². The molecule has 0 aliphatic rings. The predicted octanol–water partition coefficient (Wildman–Crippen LogP) is 3.75. The molecule has 3 rings (SSSR count). The molecule has 7 heteroatoms. The summed E-state index contributed by atoms with van der Waals surface area (Å²) in [6, 6.07) is 9.55. The Kier molecular flexibility index (Phi) is 5.43. The number of halogens is 1. The molecule has 1 aromatic carbocycles.